The highest BCUT2D eigenvalue weighted by Gasteiger charge is 2.47. The summed E-state index contributed by atoms with van der Waals surface area (Å²) in [6.45, 7) is 4.66. The van der Waals surface area contributed by atoms with Gasteiger partial charge in [-0.2, -0.15) is 0 Å². The molecule has 9 aromatic carbocycles. The van der Waals surface area contributed by atoms with Crippen molar-refractivity contribution in [1.82, 2.24) is 0 Å². The smallest absolute Gasteiger partial charge is 0.0714 e. The molecule has 0 amide bonds. The monoisotopic (exact) mass is 811 g/mol. The van der Waals surface area contributed by atoms with Gasteiger partial charge < -0.3 is 4.90 Å². The molecule has 2 aliphatic rings. The van der Waals surface area contributed by atoms with E-state index in [1.165, 1.54) is 115 Å². The highest BCUT2D eigenvalue weighted by atomic mass is 15.1. The lowest BCUT2D eigenvalue weighted by molar-refractivity contribution is 0.443. The SMILES string of the molecule is CC(C)c1cccc2c1-c1ccc(N(c3ccc(-c4ccc5ccccc5c4-c4ccccc4)cc3)c3ccc(C4CCCCC4)cc3)cc1C2(c1ccccc1)c1ccccc1. The van der Waals surface area contributed by atoms with E-state index in [0.29, 0.717) is 11.8 Å². The minimum atomic E-state index is -0.502. The summed E-state index contributed by atoms with van der Waals surface area (Å²) in [6.07, 6.45) is 6.59. The summed E-state index contributed by atoms with van der Waals surface area (Å²) in [4.78, 5) is 2.49. The first kappa shape index (κ1) is 38.9. The number of fused-ring (bicyclic) bond motifs is 4. The molecule has 9 aromatic rings. The Kier molecular flexibility index (Phi) is 10.1. The molecule has 1 nitrogen and oxygen atoms in total. The van der Waals surface area contributed by atoms with E-state index in [0.717, 1.165) is 11.4 Å². The van der Waals surface area contributed by atoms with E-state index >= 15 is 0 Å². The van der Waals surface area contributed by atoms with Crippen LogP contribution in [0.4, 0.5) is 17.1 Å². The van der Waals surface area contributed by atoms with Crippen LogP contribution in [0.1, 0.15) is 91.2 Å². The largest absolute Gasteiger partial charge is 0.310 e. The van der Waals surface area contributed by atoms with Crippen LogP contribution >= 0.6 is 0 Å². The molecule has 0 bridgehead atoms. The van der Waals surface area contributed by atoms with Crippen LogP contribution in [0, 0.1) is 0 Å². The third-order valence-corrected chi connectivity index (χ3v) is 14.1. The van der Waals surface area contributed by atoms with Gasteiger partial charge in [0.15, 0.2) is 0 Å². The number of anilines is 3. The first-order chi connectivity index (χ1) is 31.1. The maximum absolute atomic E-state index is 2.51. The Morgan fingerprint density at radius 3 is 1.70 bits per heavy atom. The van der Waals surface area contributed by atoms with E-state index in [1.807, 2.05) is 0 Å². The van der Waals surface area contributed by atoms with Crippen molar-refractivity contribution >= 4 is 27.8 Å². The summed E-state index contributed by atoms with van der Waals surface area (Å²) in [5.41, 5.74) is 18.7. The summed E-state index contributed by atoms with van der Waals surface area (Å²) in [6, 6.07) is 79.8. The van der Waals surface area contributed by atoms with Gasteiger partial charge in [0.2, 0.25) is 0 Å². The van der Waals surface area contributed by atoms with Crippen molar-refractivity contribution in [1.29, 1.82) is 0 Å². The predicted molar refractivity (Wildman–Crippen MR) is 267 cm³/mol. The van der Waals surface area contributed by atoms with Gasteiger partial charge in [-0.1, -0.05) is 209 Å². The van der Waals surface area contributed by atoms with E-state index in [4.69, 9.17) is 0 Å². The van der Waals surface area contributed by atoms with Gasteiger partial charge in [-0.25, -0.2) is 0 Å². The molecule has 0 atom stereocenters. The molecule has 0 unspecified atom stereocenters. The van der Waals surface area contributed by atoms with Crippen LogP contribution in [-0.4, -0.2) is 0 Å². The zero-order valence-corrected chi connectivity index (χ0v) is 36.3. The number of rotatable bonds is 9. The molecule has 0 aliphatic heterocycles. The zero-order chi connectivity index (χ0) is 42.3. The number of benzene rings is 9. The molecule has 0 heterocycles. The molecule has 1 fully saturated rings. The lowest BCUT2D eigenvalue weighted by Crippen LogP contribution is -2.28. The van der Waals surface area contributed by atoms with E-state index in [1.54, 1.807) is 0 Å². The summed E-state index contributed by atoms with van der Waals surface area (Å²) in [5, 5.41) is 2.52. The van der Waals surface area contributed by atoms with Gasteiger partial charge in [-0.15, -0.1) is 0 Å². The highest BCUT2D eigenvalue weighted by Crippen LogP contribution is 2.59. The van der Waals surface area contributed by atoms with Crippen molar-refractivity contribution < 1.29 is 0 Å². The molecule has 63 heavy (non-hydrogen) atoms. The van der Waals surface area contributed by atoms with E-state index in [-0.39, 0.29) is 0 Å². The van der Waals surface area contributed by atoms with Crippen LogP contribution in [0.15, 0.2) is 212 Å². The van der Waals surface area contributed by atoms with Crippen LogP contribution in [0.5, 0.6) is 0 Å². The van der Waals surface area contributed by atoms with Gasteiger partial charge in [0.25, 0.3) is 0 Å². The third kappa shape index (κ3) is 6.70. The molecule has 0 spiro atoms. The van der Waals surface area contributed by atoms with Crippen LogP contribution in [0.3, 0.4) is 0 Å². The van der Waals surface area contributed by atoms with Crippen molar-refractivity contribution in [3.8, 4) is 33.4 Å². The van der Waals surface area contributed by atoms with E-state index < -0.39 is 5.41 Å². The Labute approximate surface area is 373 Å². The first-order valence-corrected chi connectivity index (χ1v) is 23.1. The molecule has 0 saturated heterocycles. The summed E-state index contributed by atoms with van der Waals surface area (Å²) >= 11 is 0. The van der Waals surface area contributed by atoms with E-state index in [9.17, 15) is 0 Å². The lowest BCUT2D eigenvalue weighted by atomic mass is 9.67. The Hall–Kier alpha value is -6.96. The zero-order valence-electron chi connectivity index (χ0n) is 36.3. The fraction of sp³-hybridized carbons (Fsp3) is 0.161. The Morgan fingerprint density at radius 1 is 0.444 bits per heavy atom. The lowest BCUT2D eigenvalue weighted by Gasteiger charge is -2.35. The highest BCUT2D eigenvalue weighted by molar-refractivity contribution is 6.04. The van der Waals surface area contributed by atoms with Crippen LogP contribution in [0.2, 0.25) is 0 Å². The minimum Gasteiger partial charge on any atom is -0.310 e. The topological polar surface area (TPSA) is 3.24 Å². The molecular weight excluding hydrogens is 759 g/mol. The number of hydrogen-bond acceptors (Lipinski definition) is 1. The van der Waals surface area contributed by atoms with Gasteiger partial charge >= 0.3 is 0 Å². The minimum absolute atomic E-state index is 0.373. The molecule has 1 saturated carbocycles. The third-order valence-electron chi connectivity index (χ3n) is 14.1. The maximum atomic E-state index is 2.51. The molecule has 11 rings (SSSR count). The second kappa shape index (κ2) is 16.4. The first-order valence-electron chi connectivity index (χ1n) is 23.1. The van der Waals surface area contributed by atoms with Crippen molar-refractivity contribution in [3.05, 3.63) is 246 Å². The van der Waals surface area contributed by atoms with Gasteiger partial charge in [-0.3, -0.25) is 0 Å². The van der Waals surface area contributed by atoms with Gasteiger partial charge in [0.05, 0.1) is 5.41 Å². The Balaban J connectivity index is 1.11. The molecule has 0 N–H and O–H groups in total. The Bertz CT molecular complexity index is 2990. The normalized spacial score (nSPS) is 14.4. The quantitative estimate of drug-likeness (QED) is 0.140. The summed E-state index contributed by atoms with van der Waals surface area (Å²) in [5.74, 6) is 1.02. The molecule has 0 aromatic heterocycles. The van der Waals surface area contributed by atoms with Gasteiger partial charge in [-0.05, 0) is 139 Å². The van der Waals surface area contributed by atoms with Crippen molar-refractivity contribution in [2.45, 2.75) is 63.2 Å². The van der Waals surface area contributed by atoms with Crippen molar-refractivity contribution in [2.75, 3.05) is 4.90 Å². The average molecular weight is 812 g/mol. The van der Waals surface area contributed by atoms with Gasteiger partial charge in [0.1, 0.15) is 0 Å². The second-order valence-electron chi connectivity index (χ2n) is 18.0. The summed E-state index contributed by atoms with van der Waals surface area (Å²) in [7, 11) is 0. The molecule has 0 radical (unpaired) electrons. The molecule has 306 valence electrons. The fourth-order valence-electron chi connectivity index (χ4n) is 11.2. The molecule has 2 aliphatic carbocycles. The van der Waals surface area contributed by atoms with E-state index in [2.05, 4.69) is 231 Å². The number of hydrogen-bond donors (Lipinski definition) is 0. The average Bonchev–Trinajstić information content (AvgIpc) is 3.66. The van der Waals surface area contributed by atoms with Gasteiger partial charge in [0, 0.05) is 17.1 Å². The van der Waals surface area contributed by atoms with Crippen LogP contribution in [0.25, 0.3) is 44.2 Å². The van der Waals surface area contributed by atoms with Crippen molar-refractivity contribution in [3.63, 3.8) is 0 Å². The molecular formula is C62H53N. The predicted octanol–water partition coefficient (Wildman–Crippen LogP) is 17.2. The Morgan fingerprint density at radius 2 is 1.03 bits per heavy atom. The van der Waals surface area contributed by atoms with Crippen molar-refractivity contribution in [2.24, 2.45) is 0 Å². The maximum Gasteiger partial charge on any atom is 0.0714 e. The standard InChI is InChI=1S/C62H53N/c1-43(2)54-28-17-29-58-61(54)57-41-39-53(42-59(57)62(58,49-23-11-5-12-24-49)50-25-13-6-14-26-50)63(51-35-30-45(31-36-51)44-18-7-3-8-19-44)52-37-32-47(33-38-52)56-40-34-46-20-15-16-27-55(46)60(56)48-21-9-4-10-22-48/h4-6,9-17,20-44H,3,7-8,18-19H2,1-2H3. The molecule has 1 heteroatoms. The fourth-order valence-corrected chi connectivity index (χ4v) is 11.2. The number of nitrogens with zero attached hydrogens (tertiary/aromatic N) is 1. The summed E-state index contributed by atoms with van der Waals surface area (Å²) < 4.78 is 0. The van der Waals surface area contributed by atoms with Crippen LogP contribution < -0.4 is 4.90 Å². The van der Waals surface area contributed by atoms with Crippen LogP contribution in [-0.2, 0) is 5.41 Å². The second-order valence-corrected chi connectivity index (χ2v) is 18.0.